The second-order valence-electron chi connectivity index (χ2n) is 5.59. The molecular formula is C18H2F10N2. The third-order valence-corrected chi connectivity index (χ3v) is 3.93. The molecule has 3 rings (SSSR count). The maximum Gasteiger partial charge on any atom is 0.200 e. The maximum absolute atomic E-state index is 14.1. The van der Waals surface area contributed by atoms with Crippen molar-refractivity contribution >= 4 is 0 Å². The predicted octanol–water partition coefficient (Wildman–Crippen LogP) is 5.68. The number of hydrogen-bond acceptors (Lipinski definition) is 2. The molecule has 0 bridgehead atoms. The highest BCUT2D eigenvalue weighted by Crippen LogP contribution is 2.36. The van der Waals surface area contributed by atoms with E-state index in [-0.39, 0.29) is 0 Å². The zero-order chi connectivity index (χ0) is 22.5. The lowest BCUT2D eigenvalue weighted by Gasteiger charge is -2.12. The van der Waals surface area contributed by atoms with Crippen LogP contribution in [0.15, 0.2) is 12.1 Å². The highest BCUT2D eigenvalue weighted by Gasteiger charge is 2.31. The first-order valence-corrected chi connectivity index (χ1v) is 7.47. The zero-order valence-electron chi connectivity index (χ0n) is 13.8. The van der Waals surface area contributed by atoms with Gasteiger partial charge in [0.25, 0.3) is 0 Å². The Bertz CT molecular complexity index is 1210. The fraction of sp³-hybridized carbons (Fsp3) is 0. The first-order chi connectivity index (χ1) is 14.0. The van der Waals surface area contributed by atoms with Crippen molar-refractivity contribution in [3.63, 3.8) is 0 Å². The van der Waals surface area contributed by atoms with Gasteiger partial charge >= 0.3 is 0 Å². The molecule has 0 radical (unpaired) electrons. The molecule has 0 saturated carbocycles. The van der Waals surface area contributed by atoms with Gasteiger partial charge in [-0.1, -0.05) is 0 Å². The van der Waals surface area contributed by atoms with Gasteiger partial charge in [0.2, 0.25) is 11.6 Å². The molecule has 0 fully saturated rings. The Balaban J connectivity index is 2.42. The van der Waals surface area contributed by atoms with Crippen molar-refractivity contribution in [2.75, 3.05) is 0 Å². The minimum atomic E-state index is -2.52. The summed E-state index contributed by atoms with van der Waals surface area (Å²) in [5.74, 6) is -24.2. The summed E-state index contributed by atoms with van der Waals surface area (Å²) in [5.41, 5.74) is -6.58. The minimum Gasteiger partial charge on any atom is -0.246 e. The molecule has 0 amide bonds. The van der Waals surface area contributed by atoms with E-state index in [9.17, 15) is 43.9 Å². The number of benzene rings is 2. The van der Waals surface area contributed by atoms with E-state index in [1.165, 1.54) is 6.07 Å². The van der Waals surface area contributed by atoms with Crippen molar-refractivity contribution in [2.45, 2.75) is 0 Å². The van der Waals surface area contributed by atoms with Crippen LogP contribution in [0.1, 0.15) is 5.56 Å². The summed E-state index contributed by atoms with van der Waals surface area (Å²) in [6, 6.07) is 2.46. The molecule has 2 aromatic carbocycles. The van der Waals surface area contributed by atoms with E-state index < -0.39 is 86.3 Å². The third kappa shape index (κ3) is 2.94. The van der Waals surface area contributed by atoms with E-state index in [0.717, 1.165) is 0 Å². The van der Waals surface area contributed by atoms with E-state index in [2.05, 4.69) is 4.98 Å². The van der Waals surface area contributed by atoms with Crippen molar-refractivity contribution in [2.24, 2.45) is 0 Å². The number of nitrogens with zero attached hydrogens (tertiary/aromatic N) is 2. The number of nitriles is 1. The standard InChI is InChI=1S/C18H2F10N2/c19-8-6(9(20)13(24)16(27)12(8)23)5-2-1-4(3-29)18(30-5)7-10(21)14(25)17(28)15(26)11(7)22/h1-2H. The predicted molar refractivity (Wildman–Crippen MR) is 79.4 cm³/mol. The number of rotatable bonds is 2. The van der Waals surface area contributed by atoms with Gasteiger partial charge in [-0.3, -0.25) is 0 Å². The van der Waals surface area contributed by atoms with Crippen LogP contribution in [-0.2, 0) is 0 Å². The van der Waals surface area contributed by atoms with Crippen LogP contribution in [0.4, 0.5) is 43.9 Å². The van der Waals surface area contributed by atoms with Gasteiger partial charge in [0.05, 0.1) is 28.1 Å². The molecule has 3 aromatic rings. The summed E-state index contributed by atoms with van der Waals surface area (Å²) in [6.07, 6.45) is 0. The molecule has 1 aromatic heterocycles. The molecule has 0 spiro atoms. The molecule has 0 unspecified atom stereocenters. The summed E-state index contributed by atoms with van der Waals surface area (Å²) in [5, 5.41) is 9.04. The van der Waals surface area contributed by atoms with Crippen LogP contribution in [0.25, 0.3) is 22.5 Å². The average molecular weight is 436 g/mol. The molecule has 154 valence electrons. The van der Waals surface area contributed by atoms with Gasteiger partial charge in [0.15, 0.2) is 46.5 Å². The molecule has 0 N–H and O–H groups in total. The second kappa shape index (κ2) is 7.33. The fourth-order valence-electron chi connectivity index (χ4n) is 2.52. The smallest absolute Gasteiger partial charge is 0.200 e. The van der Waals surface area contributed by atoms with Crippen LogP contribution < -0.4 is 0 Å². The average Bonchev–Trinajstić information content (AvgIpc) is 2.74. The first-order valence-electron chi connectivity index (χ1n) is 7.47. The van der Waals surface area contributed by atoms with Gasteiger partial charge in [-0.15, -0.1) is 0 Å². The van der Waals surface area contributed by atoms with Crippen molar-refractivity contribution in [3.8, 4) is 28.6 Å². The largest absolute Gasteiger partial charge is 0.246 e. The van der Waals surface area contributed by atoms with E-state index in [1.54, 1.807) is 0 Å². The fourth-order valence-corrected chi connectivity index (χ4v) is 2.52. The summed E-state index contributed by atoms with van der Waals surface area (Å²) in [7, 11) is 0. The van der Waals surface area contributed by atoms with Gasteiger partial charge < -0.3 is 0 Å². The van der Waals surface area contributed by atoms with Crippen LogP contribution in [0.3, 0.4) is 0 Å². The number of hydrogen-bond donors (Lipinski definition) is 0. The number of pyridine rings is 1. The molecule has 30 heavy (non-hydrogen) atoms. The summed E-state index contributed by atoms with van der Waals surface area (Å²) >= 11 is 0. The SMILES string of the molecule is N#Cc1ccc(-c2c(F)c(F)c(F)c(F)c2F)nc1-c1c(F)c(F)c(F)c(F)c1F. The minimum absolute atomic E-state index is 0.562. The lowest BCUT2D eigenvalue weighted by atomic mass is 10.0. The molecular weight excluding hydrogens is 434 g/mol. The Morgan fingerprint density at radius 2 is 0.900 bits per heavy atom. The molecule has 0 atom stereocenters. The third-order valence-electron chi connectivity index (χ3n) is 3.93. The normalized spacial score (nSPS) is 11.0. The van der Waals surface area contributed by atoms with Crippen molar-refractivity contribution in [1.29, 1.82) is 5.26 Å². The van der Waals surface area contributed by atoms with Gasteiger partial charge in [0, 0.05) is 0 Å². The Morgan fingerprint density at radius 1 is 0.533 bits per heavy atom. The summed E-state index contributed by atoms with van der Waals surface area (Å²) in [4.78, 5) is 3.26. The second-order valence-corrected chi connectivity index (χ2v) is 5.59. The zero-order valence-corrected chi connectivity index (χ0v) is 13.8. The van der Waals surface area contributed by atoms with Gasteiger partial charge in [-0.05, 0) is 12.1 Å². The molecule has 0 aliphatic rings. The lowest BCUT2D eigenvalue weighted by Crippen LogP contribution is -2.08. The molecule has 2 nitrogen and oxygen atoms in total. The summed E-state index contributed by atoms with van der Waals surface area (Å²) < 4.78 is 136. The Labute approximate surface area is 159 Å². The van der Waals surface area contributed by atoms with Crippen molar-refractivity contribution < 1.29 is 43.9 Å². The van der Waals surface area contributed by atoms with Gasteiger partial charge in [0.1, 0.15) is 6.07 Å². The van der Waals surface area contributed by atoms with Crippen molar-refractivity contribution in [3.05, 3.63) is 75.9 Å². The monoisotopic (exact) mass is 436 g/mol. The van der Waals surface area contributed by atoms with E-state index in [1.807, 2.05) is 0 Å². The molecule has 1 heterocycles. The number of aromatic nitrogens is 1. The van der Waals surface area contributed by atoms with Crippen LogP contribution >= 0.6 is 0 Å². The van der Waals surface area contributed by atoms with E-state index in [0.29, 0.717) is 12.1 Å². The van der Waals surface area contributed by atoms with Crippen LogP contribution in [0.2, 0.25) is 0 Å². The van der Waals surface area contributed by atoms with E-state index >= 15 is 0 Å². The van der Waals surface area contributed by atoms with Gasteiger partial charge in [-0.25, -0.2) is 48.9 Å². The van der Waals surface area contributed by atoms with Crippen LogP contribution in [0, 0.1) is 69.5 Å². The Kier molecular flexibility index (Phi) is 5.15. The van der Waals surface area contributed by atoms with E-state index in [4.69, 9.17) is 5.26 Å². The Hall–Kier alpha value is -3.62. The highest BCUT2D eigenvalue weighted by molar-refractivity contribution is 5.73. The quantitative estimate of drug-likeness (QED) is 0.295. The number of halogens is 10. The summed E-state index contributed by atoms with van der Waals surface area (Å²) in [6.45, 7) is 0. The molecule has 0 aliphatic heterocycles. The van der Waals surface area contributed by atoms with Gasteiger partial charge in [-0.2, -0.15) is 5.26 Å². The van der Waals surface area contributed by atoms with Crippen LogP contribution in [-0.4, -0.2) is 4.98 Å². The maximum atomic E-state index is 14.1. The molecule has 12 heteroatoms. The highest BCUT2D eigenvalue weighted by atomic mass is 19.2. The molecule has 0 aliphatic carbocycles. The van der Waals surface area contributed by atoms with Crippen molar-refractivity contribution in [1.82, 2.24) is 4.98 Å². The topological polar surface area (TPSA) is 36.7 Å². The van der Waals surface area contributed by atoms with Crippen LogP contribution in [0.5, 0.6) is 0 Å². The molecule has 0 saturated heterocycles. The Morgan fingerprint density at radius 3 is 1.30 bits per heavy atom. The first kappa shape index (κ1) is 21.1. The lowest BCUT2D eigenvalue weighted by molar-refractivity contribution is 0.380.